The van der Waals surface area contributed by atoms with Gasteiger partial charge < -0.3 is 14.2 Å². The number of alkyl halides is 1. The zero-order chi connectivity index (χ0) is 38.5. The number of hydrogen-bond acceptors (Lipinski definition) is 5. The number of hydrogen-bond donors (Lipinski definition) is 1. The second-order valence-corrected chi connectivity index (χ2v) is 15.0. The van der Waals surface area contributed by atoms with Gasteiger partial charge >= 0.3 is 5.69 Å². The van der Waals surface area contributed by atoms with Gasteiger partial charge in [0.1, 0.15) is 23.4 Å². The van der Waals surface area contributed by atoms with E-state index in [1.54, 1.807) is 0 Å². The summed E-state index contributed by atoms with van der Waals surface area (Å²) in [6.45, 7) is -0.00557. The second kappa shape index (κ2) is 16.3. The number of aromatic amines is 1. The third kappa shape index (κ3) is 6.96. The molecule has 0 aliphatic carbocycles. The van der Waals surface area contributed by atoms with Crippen LogP contribution < -0.4 is 11.2 Å². The molecule has 8 rings (SSSR count). The van der Waals surface area contributed by atoms with Crippen molar-refractivity contribution in [2.75, 3.05) is 6.61 Å². The van der Waals surface area contributed by atoms with Gasteiger partial charge in [-0.1, -0.05) is 205 Å². The lowest BCUT2D eigenvalue weighted by Gasteiger charge is -2.41. The molecule has 1 aromatic heterocycles. The molecule has 0 saturated carbocycles. The highest BCUT2D eigenvalue weighted by Crippen LogP contribution is 2.48. The molecule has 4 atom stereocenters. The Morgan fingerprint density at radius 3 is 1.32 bits per heavy atom. The monoisotopic (exact) mass is 856 g/mol. The maximum absolute atomic E-state index is 14.9. The Morgan fingerprint density at radius 2 is 0.946 bits per heavy atom. The number of rotatable bonds is 12. The van der Waals surface area contributed by atoms with Crippen molar-refractivity contribution < 1.29 is 18.6 Å². The van der Waals surface area contributed by atoms with Gasteiger partial charge in [0.05, 0.1) is 16.7 Å². The third-order valence-electron chi connectivity index (χ3n) is 10.3. The van der Waals surface area contributed by atoms with Crippen LogP contribution in [0.4, 0.5) is 4.39 Å². The van der Waals surface area contributed by atoms with Crippen molar-refractivity contribution in [2.24, 2.45) is 0 Å². The highest BCUT2D eigenvalue weighted by Gasteiger charge is 2.52. The fourth-order valence-electron chi connectivity index (χ4n) is 7.75. The topological polar surface area (TPSA) is 82.6 Å². The van der Waals surface area contributed by atoms with Crippen molar-refractivity contribution >= 4 is 22.6 Å². The molecule has 1 aliphatic rings. The first-order chi connectivity index (χ1) is 27.4. The SMILES string of the molecule is O=c1[nH]c(=O)n([C@@H]2O[C@H](COC(c3ccccc3)(c3ccccc3)c3ccccc3)[C@@H](OC(c3ccccc3)(c3ccccc3)c3ccccc3)[C@H]2I)cc1F. The summed E-state index contributed by atoms with van der Waals surface area (Å²) in [7, 11) is 0. The maximum atomic E-state index is 14.9. The van der Waals surface area contributed by atoms with E-state index in [2.05, 4.69) is 27.6 Å². The molecule has 0 radical (unpaired) electrons. The molecule has 7 nitrogen and oxygen atoms in total. The zero-order valence-electron chi connectivity index (χ0n) is 30.2. The van der Waals surface area contributed by atoms with Crippen molar-refractivity contribution in [2.45, 2.75) is 33.6 Å². The maximum Gasteiger partial charge on any atom is 0.330 e. The summed E-state index contributed by atoms with van der Waals surface area (Å²) in [6.07, 6.45) is -1.70. The van der Waals surface area contributed by atoms with Gasteiger partial charge in [-0.2, -0.15) is 4.39 Å². The predicted octanol–water partition coefficient (Wildman–Crippen LogP) is 8.76. The molecule has 280 valence electrons. The lowest BCUT2D eigenvalue weighted by molar-refractivity contribution is -0.126. The second-order valence-electron chi connectivity index (χ2n) is 13.6. The van der Waals surface area contributed by atoms with E-state index in [0.29, 0.717) is 0 Å². The molecule has 1 aliphatic heterocycles. The summed E-state index contributed by atoms with van der Waals surface area (Å²) in [5.74, 6) is -1.10. The molecular formula is C47H38FIN2O5. The Kier molecular flexibility index (Phi) is 10.9. The number of aromatic nitrogens is 2. The number of halogens is 2. The minimum absolute atomic E-state index is 0.00557. The Morgan fingerprint density at radius 1 is 0.589 bits per heavy atom. The quantitative estimate of drug-likeness (QED) is 0.0756. The smallest absolute Gasteiger partial charge is 0.330 e. The number of H-pyrrole nitrogens is 1. The van der Waals surface area contributed by atoms with Crippen LogP contribution in [0.3, 0.4) is 0 Å². The molecule has 6 aromatic carbocycles. The molecule has 1 N–H and O–H groups in total. The summed E-state index contributed by atoms with van der Waals surface area (Å²) in [5, 5.41) is 0. The van der Waals surface area contributed by atoms with Crippen LogP contribution in [-0.2, 0) is 25.4 Å². The van der Waals surface area contributed by atoms with Crippen molar-refractivity contribution in [3.63, 3.8) is 0 Å². The summed E-state index contributed by atoms with van der Waals surface area (Å²) >= 11 is 2.23. The van der Waals surface area contributed by atoms with Crippen molar-refractivity contribution in [3.8, 4) is 0 Å². The first-order valence-corrected chi connectivity index (χ1v) is 19.6. The van der Waals surface area contributed by atoms with Crippen molar-refractivity contribution in [3.05, 3.63) is 248 Å². The number of nitrogens with one attached hydrogen (secondary N) is 1. The third-order valence-corrected chi connectivity index (χ3v) is 11.6. The van der Waals surface area contributed by atoms with E-state index in [1.165, 1.54) is 0 Å². The molecule has 0 amide bonds. The standard InChI is InChI=1S/C47H38FIN2O5/c48-39-31-51(45(53)50-43(39)52)44-41(49)42(56-47(36-25-13-4-14-26-36,37-27-15-5-16-28-37)38-29-17-6-18-30-38)40(55-44)32-54-46(33-19-7-1-8-20-33,34-21-9-2-10-22-34)35-23-11-3-12-24-35/h1-31,40-42,44H,32H2,(H,50,52,53)/t40-,41-,42-,44-/m1/s1. The molecule has 0 bridgehead atoms. The van der Waals surface area contributed by atoms with E-state index in [-0.39, 0.29) is 6.61 Å². The van der Waals surface area contributed by atoms with Gasteiger partial charge in [-0.15, -0.1) is 0 Å². The van der Waals surface area contributed by atoms with Crippen LogP contribution in [0, 0.1) is 5.82 Å². The largest absolute Gasteiger partial charge is 0.358 e. The van der Waals surface area contributed by atoms with E-state index in [0.717, 1.165) is 44.1 Å². The molecule has 7 aromatic rings. The Hall–Kier alpha value is -5.46. The van der Waals surface area contributed by atoms with E-state index < -0.39 is 50.6 Å². The van der Waals surface area contributed by atoms with Gasteiger partial charge in [-0.3, -0.25) is 14.3 Å². The molecule has 0 unspecified atom stereocenters. The van der Waals surface area contributed by atoms with Gasteiger partial charge in [0.2, 0.25) is 5.82 Å². The summed E-state index contributed by atoms with van der Waals surface area (Å²) in [6, 6.07) is 60.0. The Bertz CT molecular complexity index is 2280. The fraction of sp³-hybridized carbons (Fsp3) is 0.149. The summed E-state index contributed by atoms with van der Waals surface area (Å²) in [4.78, 5) is 27.6. The van der Waals surface area contributed by atoms with E-state index in [4.69, 9.17) is 14.2 Å². The van der Waals surface area contributed by atoms with Crippen LogP contribution in [0.15, 0.2) is 198 Å². The van der Waals surface area contributed by atoms with Crippen LogP contribution in [0.5, 0.6) is 0 Å². The van der Waals surface area contributed by atoms with Crippen molar-refractivity contribution in [1.29, 1.82) is 0 Å². The predicted molar refractivity (Wildman–Crippen MR) is 222 cm³/mol. The molecule has 9 heteroatoms. The molecular weight excluding hydrogens is 818 g/mol. The molecule has 1 saturated heterocycles. The van der Waals surface area contributed by atoms with E-state index >= 15 is 0 Å². The lowest BCUT2D eigenvalue weighted by Crippen LogP contribution is -2.45. The fourth-order valence-corrected chi connectivity index (χ4v) is 8.87. The highest BCUT2D eigenvalue weighted by molar-refractivity contribution is 14.1. The van der Waals surface area contributed by atoms with Gasteiger partial charge in [0, 0.05) is 0 Å². The minimum atomic E-state index is -1.16. The average molecular weight is 857 g/mol. The van der Waals surface area contributed by atoms with Crippen LogP contribution >= 0.6 is 22.6 Å². The minimum Gasteiger partial charge on any atom is -0.358 e. The van der Waals surface area contributed by atoms with Gasteiger partial charge in [-0.05, 0) is 33.4 Å². The first kappa shape index (κ1) is 37.5. The summed E-state index contributed by atoms with van der Waals surface area (Å²) in [5.41, 5.74) is 1.20. The zero-order valence-corrected chi connectivity index (χ0v) is 32.3. The Balaban J connectivity index is 1.30. The first-order valence-electron chi connectivity index (χ1n) is 18.4. The van der Waals surface area contributed by atoms with E-state index in [1.807, 2.05) is 182 Å². The van der Waals surface area contributed by atoms with Gasteiger partial charge in [0.25, 0.3) is 5.56 Å². The molecule has 1 fully saturated rings. The molecule has 2 heterocycles. The lowest BCUT2D eigenvalue weighted by atomic mass is 9.79. The Labute approximate surface area is 337 Å². The van der Waals surface area contributed by atoms with Crippen LogP contribution in [0.25, 0.3) is 0 Å². The average Bonchev–Trinajstić information content (AvgIpc) is 3.56. The normalized spacial score (nSPS) is 18.5. The van der Waals surface area contributed by atoms with Gasteiger partial charge in [0.15, 0.2) is 6.23 Å². The van der Waals surface area contributed by atoms with Crippen LogP contribution in [-0.4, -0.2) is 32.3 Å². The van der Waals surface area contributed by atoms with E-state index in [9.17, 15) is 14.0 Å². The number of nitrogens with zero attached hydrogens (tertiary/aromatic N) is 1. The number of ether oxygens (including phenoxy) is 3. The van der Waals surface area contributed by atoms with Crippen molar-refractivity contribution in [1.82, 2.24) is 9.55 Å². The molecule has 0 spiro atoms. The van der Waals surface area contributed by atoms with Crippen LogP contribution in [0.1, 0.15) is 39.6 Å². The van der Waals surface area contributed by atoms with Crippen LogP contribution in [0.2, 0.25) is 0 Å². The highest BCUT2D eigenvalue weighted by atomic mass is 127. The number of benzene rings is 6. The summed E-state index contributed by atoms with van der Waals surface area (Å²) < 4.78 is 37.2. The van der Waals surface area contributed by atoms with Gasteiger partial charge in [-0.25, -0.2) is 4.79 Å². The molecule has 56 heavy (non-hydrogen) atoms.